The first-order chi connectivity index (χ1) is 16.3. The summed E-state index contributed by atoms with van der Waals surface area (Å²) in [5, 5.41) is 3.53. The molecule has 2 saturated carbocycles. The van der Waals surface area contributed by atoms with Crippen LogP contribution in [0.2, 0.25) is 0 Å². The van der Waals surface area contributed by atoms with Gasteiger partial charge < -0.3 is 10.1 Å². The van der Waals surface area contributed by atoms with Crippen molar-refractivity contribution in [2.45, 2.75) is 31.5 Å². The summed E-state index contributed by atoms with van der Waals surface area (Å²) in [7, 11) is 0. The predicted octanol–water partition coefficient (Wildman–Crippen LogP) is 6.43. The van der Waals surface area contributed by atoms with Gasteiger partial charge in [-0.05, 0) is 67.0 Å². The Hall–Kier alpha value is -3.26. The molecule has 4 nitrogen and oxygen atoms in total. The highest BCUT2D eigenvalue weighted by Gasteiger charge is 2.42. The molecular formula is C26H22F3N3OS. The number of fused-ring (bicyclic) bond motifs is 2. The van der Waals surface area contributed by atoms with Gasteiger partial charge in [-0.1, -0.05) is 36.0 Å². The van der Waals surface area contributed by atoms with Gasteiger partial charge in [0.15, 0.2) is 0 Å². The minimum Gasteiger partial charge on any atom is -0.439 e. The number of aromatic nitrogens is 2. The number of allylic oxidation sites excluding steroid dienone is 1. The maximum atomic E-state index is 12.7. The molecule has 1 N–H and O–H groups in total. The summed E-state index contributed by atoms with van der Waals surface area (Å²) in [6.45, 7) is 0. The van der Waals surface area contributed by atoms with Crippen LogP contribution in [0.5, 0.6) is 11.6 Å². The number of hydrogen-bond donors (Lipinski definition) is 1. The summed E-state index contributed by atoms with van der Waals surface area (Å²) in [4.78, 5) is 8.67. The van der Waals surface area contributed by atoms with E-state index in [9.17, 15) is 13.2 Å². The molecule has 3 unspecified atom stereocenters. The second-order valence-electron chi connectivity index (χ2n) is 8.73. The van der Waals surface area contributed by atoms with Gasteiger partial charge in [-0.25, -0.2) is 4.98 Å². The lowest BCUT2D eigenvalue weighted by Gasteiger charge is -2.26. The number of pyridine rings is 2. The molecule has 3 atom stereocenters. The Kier molecular flexibility index (Phi) is 6.08. The topological polar surface area (TPSA) is 47.0 Å². The van der Waals surface area contributed by atoms with E-state index in [1.165, 1.54) is 11.6 Å². The molecule has 2 aromatic heterocycles. The summed E-state index contributed by atoms with van der Waals surface area (Å²) in [6.07, 6.45) is 5.28. The van der Waals surface area contributed by atoms with Crippen LogP contribution >= 0.6 is 12.2 Å². The quantitative estimate of drug-likeness (QED) is 0.425. The van der Waals surface area contributed by atoms with Crippen molar-refractivity contribution in [1.82, 2.24) is 15.3 Å². The van der Waals surface area contributed by atoms with Gasteiger partial charge >= 0.3 is 6.18 Å². The SMILES string of the molecule is FC(F)(F)c1ccc(Oc2cccc(C=C3CC4CC3CC4NC(=S)c3cccnc3)c2)nc1. The Morgan fingerprint density at radius 2 is 1.97 bits per heavy atom. The van der Waals surface area contributed by atoms with Gasteiger partial charge in [0.1, 0.15) is 10.7 Å². The lowest BCUT2D eigenvalue weighted by Crippen LogP contribution is -2.38. The Morgan fingerprint density at radius 1 is 1.09 bits per heavy atom. The molecule has 34 heavy (non-hydrogen) atoms. The zero-order chi connectivity index (χ0) is 23.7. The zero-order valence-electron chi connectivity index (χ0n) is 18.1. The van der Waals surface area contributed by atoms with Crippen molar-refractivity contribution < 1.29 is 17.9 Å². The number of nitrogens with zero attached hydrogens (tertiary/aromatic N) is 2. The largest absolute Gasteiger partial charge is 0.439 e. The maximum absolute atomic E-state index is 12.7. The minimum atomic E-state index is -4.42. The number of rotatable bonds is 5. The number of benzene rings is 1. The molecule has 8 heteroatoms. The van der Waals surface area contributed by atoms with Crippen molar-refractivity contribution in [2.75, 3.05) is 0 Å². The molecule has 3 aromatic rings. The Labute approximate surface area is 200 Å². The molecule has 0 amide bonds. The minimum absolute atomic E-state index is 0.122. The number of nitrogens with one attached hydrogen (secondary N) is 1. The van der Waals surface area contributed by atoms with Gasteiger partial charge in [0.2, 0.25) is 5.88 Å². The fourth-order valence-corrected chi connectivity index (χ4v) is 5.11. The van der Waals surface area contributed by atoms with Crippen molar-refractivity contribution in [3.05, 3.63) is 89.4 Å². The average Bonchev–Trinajstić information content (AvgIpc) is 3.40. The van der Waals surface area contributed by atoms with Gasteiger partial charge in [-0.2, -0.15) is 13.2 Å². The molecule has 0 saturated heterocycles. The van der Waals surface area contributed by atoms with Gasteiger partial charge in [0, 0.05) is 36.3 Å². The lowest BCUT2D eigenvalue weighted by molar-refractivity contribution is -0.137. The van der Waals surface area contributed by atoms with E-state index in [4.69, 9.17) is 17.0 Å². The van der Waals surface area contributed by atoms with Crippen LogP contribution in [-0.4, -0.2) is 21.0 Å². The zero-order valence-corrected chi connectivity index (χ0v) is 18.9. The smallest absolute Gasteiger partial charge is 0.417 e. The van der Waals surface area contributed by atoms with Gasteiger partial charge in [0.25, 0.3) is 0 Å². The van der Waals surface area contributed by atoms with Crippen LogP contribution in [0.4, 0.5) is 13.2 Å². The highest BCUT2D eigenvalue weighted by atomic mass is 32.1. The number of halogens is 3. The van der Waals surface area contributed by atoms with Crippen molar-refractivity contribution >= 4 is 23.3 Å². The van der Waals surface area contributed by atoms with E-state index < -0.39 is 11.7 Å². The molecule has 2 bridgehead atoms. The summed E-state index contributed by atoms with van der Waals surface area (Å²) in [5.41, 5.74) is 2.56. The highest BCUT2D eigenvalue weighted by Crippen LogP contribution is 2.49. The van der Waals surface area contributed by atoms with Crippen LogP contribution < -0.4 is 10.1 Å². The summed E-state index contributed by atoms with van der Waals surface area (Å²) in [5.74, 6) is 1.71. The normalized spacial score (nSPS) is 22.7. The standard InChI is InChI=1S/C26H22F3N3OS/c27-26(28,29)21-6-7-24(31-15-21)33-22-5-1-3-16(10-22)9-18-11-20-12-19(18)13-23(20)32-25(34)17-4-2-8-30-14-17/h1-10,14-15,19-20,23H,11-13H2,(H,32,34). The third-order valence-electron chi connectivity index (χ3n) is 6.45. The van der Waals surface area contributed by atoms with Crippen LogP contribution in [0.3, 0.4) is 0 Å². The molecular weight excluding hydrogens is 459 g/mol. The molecule has 0 spiro atoms. The molecule has 1 aromatic carbocycles. The first-order valence-corrected chi connectivity index (χ1v) is 11.5. The fourth-order valence-electron chi connectivity index (χ4n) is 4.84. The third-order valence-corrected chi connectivity index (χ3v) is 6.81. The van der Waals surface area contributed by atoms with Gasteiger partial charge in [-0.15, -0.1) is 0 Å². The first kappa shape index (κ1) is 22.5. The van der Waals surface area contributed by atoms with Gasteiger partial charge in [-0.3, -0.25) is 4.98 Å². The van der Waals surface area contributed by atoms with E-state index >= 15 is 0 Å². The van der Waals surface area contributed by atoms with Crippen molar-refractivity contribution in [1.29, 1.82) is 0 Å². The highest BCUT2D eigenvalue weighted by molar-refractivity contribution is 7.80. The fraction of sp³-hybridized carbons (Fsp3) is 0.269. The van der Waals surface area contributed by atoms with Crippen molar-refractivity contribution in [2.24, 2.45) is 11.8 Å². The Bertz CT molecular complexity index is 1210. The molecule has 0 radical (unpaired) electrons. The second-order valence-corrected chi connectivity index (χ2v) is 9.14. The van der Waals surface area contributed by atoms with E-state index in [0.717, 1.165) is 47.6 Å². The molecule has 0 aliphatic heterocycles. The summed E-state index contributed by atoms with van der Waals surface area (Å²) >= 11 is 5.56. The van der Waals surface area contributed by atoms with Crippen LogP contribution in [0.1, 0.15) is 36.0 Å². The first-order valence-electron chi connectivity index (χ1n) is 11.1. The number of thiocarbonyl (C=S) groups is 1. The lowest BCUT2D eigenvalue weighted by atomic mass is 9.89. The Morgan fingerprint density at radius 3 is 2.65 bits per heavy atom. The van der Waals surface area contributed by atoms with Crippen LogP contribution in [0, 0.1) is 11.8 Å². The molecule has 2 aliphatic carbocycles. The van der Waals surface area contributed by atoms with Crippen molar-refractivity contribution in [3.63, 3.8) is 0 Å². The van der Waals surface area contributed by atoms with Crippen molar-refractivity contribution in [3.8, 4) is 11.6 Å². The van der Waals surface area contributed by atoms with E-state index in [1.807, 2.05) is 30.3 Å². The van der Waals surface area contributed by atoms with E-state index in [1.54, 1.807) is 18.5 Å². The molecule has 5 rings (SSSR count). The number of ether oxygens (including phenoxy) is 1. The number of hydrogen-bond acceptors (Lipinski definition) is 4. The average molecular weight is 482 g/mol. The predicted molar refractivity (Wildman–Crippen MR) is 127 cm³/mol. The summed E-state index contributed by atoms with van der Waals surface area (Å²) in [6, 6.07) is 13.9. The molecule has 2 fully saturated rings. The Balaban J connectivity index is 1.22. The maximum Gasteiger partial charge on any atom is 0.417 e. The monoisotopic (exact) mass is 481 g/mol. The second kappa shape index (κ2) is 9.18. The number of alkyl halides is 3. The molecule has 2 aliphatic rings. The van der Waals surface area contributed by atoms with Crippen LogP contribution in [0.15, 0.2) is 72.7 Å². The van der Waals surface area contributed by atoms with E-state index in [2.05, 4.69) is 21.4 Å². The van der Waals surface area contributed by atoms with E-state index in [0.29, 0.717) is 23.6 Å². The van der Waals surface area contributed by atoms with Gasteiger partial charge in [0.05, 0.1) is 5.56 Å². The molecule has 2 heterocycles. The van der Waals surface area contributed by atoms with Crippen LogP contribution in [0.25, 0.3) is 6.08 Å². The third kappa shape index (κ3) is 4.97. The summed E-state index contributed by atoms with van der Waals surface area (Å²) < 4.78 is 43.8. The van der Waals surface area contributed by atoms with Crippen LogP contribution in [-0.2, 0) is 6.18 Å². The van der Waals surface area contributed by atoms with E-state index in [-0.39, 0.29) is 5.88 Å². The molecule has 174 valence electrons.